The van der Waals surface area contributed by atoms with Crippen LogP contribution < -0.4 is 0 Å². The number of hydrogen-bond acceptors (Lipinski definition) is 2. The summed E-state index contributed by atoms with van der Waals surface area (Å²) in [5.41, 5.74) is 0.662. The average Bonchev–Trinajstić information content (AvgIpc) is 2.90. The Kier molecular flexibility index (Phi) is 5.46. The summed E-state index contributed by atoms with van der Waals surface area (Å²) in [6.45, 7) is 1.40. The van der Waals surface area contributed by atoms with Crippen LogP contribution in [0.15, 0.2) is 24.3 Å². The third-order valence-electron chi connectivity index (χ3n) is 3.27. The third-order valence-corrected chi connectivity index (χ3v) is 3.93. The fourth-order valence-electron chi connectivity index (χ4n) is 2.14. The Morgan fingerprint density at radius 1 is 1.45 bits per heavy atom. The van der Waals surface area contributed by atoms with Crippen molar-refractivity contribution in [1.29, 1.82) is 0 Å². The highest BCUT2D eigenvalue weighted by Crippen LogP contribution is 2.25. The molecule has 1 aliphatic rings. The van der Waals surface area contributed by atoms with Gasteiger partial charge in [-0.1, -0.05) is 29.3 Å². The van der Waals surface area contributed by atoms with Crippen molar-refractivity contribution in [1.82, 2.24) is 4.90 Å². The summed E-state index contributed by atoms with van der Waals surface area (Å²) in [6, 6.07) is 5.26. The molecule has 0 spiro atoms. The summed E-state index contributed by atoms with van der Waals surface area (Å²) in [5.74, 6) is -0.0866. The van der Waals surface area contributed by atoms with Crippen molar-refractivity contribution < 1.29 is 9.53 Å². The summed E-state index contributed by atoms with van der Waals surface area (Å²) < 4.78 is 5.51. The van der Waals surface area contributed by atoms with E-state index >= 15 is 0 Å². The highest BCUT2D eigenvalue weighted by Gasteiger charge is 2.18. The van der Waals surface area contributed by atoms with Crippen LogP contribution in [0.3, 0.4) is 0 Å². The lowest BCUT2D eigenvalue weighted by Gasteiger charge is -2.19. The van der Waals surface area contributed by atoms with Gasteiger partial charge in [-0.25, -0.2) is 0 Å². The monoisotopic (exact) mass is 313 g/mol. The number of ether oxygens (including phenoxy) is 1. The zero-order valence-electron chi connectivity index (χ0n) is 11.3. The Hall–Kier alpha value is -1.03. The largest absolute Gasteiger partial charge is 0.376 e. The second kappa shape index (κ2) is 7.11. The van der Waals surface area contributed by atoms with Crippen molar-refractivity contribution in [2.45, 2.75) is 18.9 Å². The van der Waals surface area contributed by atoms with Gasteiger partial charge in [0.15, 0.2) is 0 Å². The molecule has 0 bridgehead atoms. The van der Waals surface area contributed by atoms with Crippen molar-refractivity contribution in [2.75, 3.05) is 20.2 Å². The van der Waals surface area contributed by atoms with Gasteiger partial charge in [-0.2, -0.15) is 0 Å². The van der Waals surface area contributed by atoms with Gasteiger partial charge in [0.2, 0.25) is 5.91 Å². The Labute approximate surface area is 129 Å². The normalized spacial score (nSPS) is 18.6. The van der Waals surface area contributed by atoms with Crippen LogP contribution in [0, 0.1) is 0 Å². The van der Waals surface area contributed by atoms with Crippen LogP contribution in [0.1, 0.15) is 18.4 Å². The van der Waals surface area contributed by atoms with Gasteiger partial charge in [-0.15, -0.1) is 0 Å². The van der Waals surface area contributed by atoms with E-state index in [9.17, 15) is 4.79 Å². The van der Waals surface area contributed by atoms with Crippen molar-refractivity contribution >= 4 is 35.2 Å². The van der Waals surface area contributed by atoms with Crippen molar-refractivity contribution in [2.24, 2.45) is 0 Å². The number of hydrogen-bond donors (Lipinski definition) is 0. The highest BCUT2D eigenvalue weighted by molar-refractivity contribution is 6.37. The topological polar surface area (TPSA) is 29.5 Å². The number of halogens is 2. The van der Waals surface area contributed by atoms with Crippen molar-refractivity contribution in [3.8, 4) is 0 Å². The van der Waals surface area contributed by atoms with E-state index < -0.39 is 0 Å². The molecule has 108 valence electrons. The summed E-state index contributed by atoms with van der Waals surface area (Å²) in [7, 11) is 1.77. The zero-order chi connectivity index (χ0) is 14.5. The van der Waals surface area contributed by atoms with Gasteiger partial charge in [0, 0.05) is 41.9 Å². The first-order chi connectivity index (χ1) is 9.58. The average molecular weight is 314 g/mol. The van der Waals surface area contributed by atoms with Crippen LogP contribution in [0.4, 0.5) is 0 Å². The molecule has 0 radical (unpaired) electrons. The SMILES string of the molecule is CN(C[C@H]1CCCO1)C(=O)/C=C/c1c(Cl)cccc1Cl. The summed E-state index contributed by atoms with van der Waals surface area (Å²) in [4.78, 5) is 13.7. The molecule has 1 aromatic rings. The molecule has 1 amide bonds. The van der Waals surface area contributed by atoms with Gasteiger partial charge < -0.3 is 9.64 Å². The number of carbonyl (C=O) groups excluding carboxylic acids is 1. The number of amides is 1. The molecule has 3 nitrogen and oxygen atoms in total. The number of likely N-dealkylation sites (N-methyl/N-ethyl adjacent to an activating group) is 1. The van der Waals surface area contributed by atoms with E-state index in [1.165, 1.54) is 6.08 Å². The number of rotatable bonds is 4. The summed E-state index contributed by atoms with van der Waals surface area (Å²) >= 11 is 12.1. The van der Waals surface area contributed by atoms with Crippen LogP contribution in [-0.4, -0.2) is 37.1 Å². The standard InChI is InChI=1S/C15H17Cl2NO2/c1-18(10-11-4-3-9-20-11)15(19)8-7-12-13(16)5-2-6-14(12)17/h2,5-8,11H,3-4,9-10H2,1H3/b8-7+/t11-/m1/s1. The minimum absolute atomic E-state index is 0.0866. The highest BCUT2D eigenvalue weighted by atomic mass is 35.5. The number of carbonyl (C=O) groups is 1. The molecule has 0 aromatic heterocycles. The quantitative estimate of drug-likeness (QED) is 0.794. The molecule has 1 atom stereocenters. The lowest BCUT2D eigenvalue weighted by atomic mass is 10.2. The van der Waals surface area contributed by atoms with E-state index in [1.807, 2.05) is 0 Å². The molecule has 1 saturated heterocycles. The minimum Gasteiger partial charge on any atom is -0.376 e. The van der Waals surface area contributed by atoms with Crippen LogP contribution in [0.5, 0.6) is 0 Å². The fourth-order valence-corrected chi connectivity index (χ4v) is 2.66. The van der Waals surface area contributed by atoms with Gasteiger partial charge in [0.05, 0.1) is 6.10 Å². The van der Waals surface area contributed by atoms with Gasteiger partial charge in [0.25, 0.3) is 0 Å². The maximum absolute atomic E-state index is 12.0. The van der Waals surface area contributed by atoms with E-state index in [0.29, 0.717) is 22.2 Å². The second-order valence-corrected chi connectivity index (χ2v) is 5.64. The molecule has 1 aromatic carbocycles. The smallest absolute Gasteiger partial charge is 0.246 e. The summed E-state index contributed by atoms with van der Waals surface area (Å²) in [6.07, 6.45) is 5.37. The van der Waals surface area contributed by atoms with Crippen molar-refractivity contribution in [3.05, 3.63) is 39.9 Å². The van der Waals surface area contributed by atoms with Crippen LogP contribution >= 0.6 is 23.2 Å². The Morgan fingerprint density at radius 2 is 2.15 bits per heavy atom. The predicted octanol–water partition coefficient (Wildman–Crippen LogP) is 3.64. The van der Waals surface area contributed by atoms with Crippen LogP contribution in [0.25, 0.3) is 6.08 Å². The Bertz CT molecular complexity index is 490. The van der Waals surface area contributed by atoms with Gasteiger partial charge in [-0.3, -0.25) is 4.79 Å². The van der Waals surface area contributed by atoms with Gasteiger partial charge >= 0.3 is 0 Å². The molecule has 0 saturated carbocycles. The summed E-state index contributed by atoms with van der Waals surface area (Å²) in [5, 5.41) is 1.06. The molecule has 0 unspecified atom stereocenters. The molecular weight excluding hydrogens is 297 g/mol. The zero-order valence-corrected chi connectivity index (χ0v) is 12.8. The van der Waals surface area contributed by atoms with E-state index in [2.05, 4.69) is 0 Å². The predicted molar refractivity (Wildman–Crippen MR) is 82.1 cm³/mol. The molecule has 2 rings (SSSR count). The van der Waals surface area contributed by atoms with Gasteiger partial charge in [-0.05, 0) is 31.1 Å². The molecule has 5 heteroatoms. The number of benzene rings is 1. The lowest BCUT2D eigenvalue weighted by Crippen LogP contribution is -2.32. The first kappa shape index (κ1) is 15.4. The molecule has 1 heterocycles. The van der Waals surface area contributed by atoms with E-state index in [0.717, 1.165) is 19.4 Å². The fraction of sp³-hybridized carbons (Fsp3) is 0.400. The third kappa shape index (κ3) is 3.98. The molecule has 0 N–H and O–H groups in total. The van der Waals surface area contributed by atoms with E-state index in [4.69, 9.17) is 27.9 Å². The molecule has 1 fully saturated rings. The first-order valence-corrected chi connectivity index (χ1v) is 7.32. The molecule has 0 aliphatic carbocycles. The van der Waals surface area contributed by atoms with Crippen molar-refractivity contribution in [3.63, 3.8) is 0 Å². The molecular formula is C15H17Cl2NO2. The van der Waals surface area contributed by atoms with Crippen LogP contribution in [-0.2, 0) is 9.53 Å². The maximum atomic E-state index is 12.0. The van der Waals surface area contributed by atoms with E-state index in [-0.39, 0.29) is 12.0 Å². The second-order valence-electron chi connectivity index (χ2n) is 4.82. The number of nitrogens with zero attached hydrogens (tertiary/aromatic N) is 1. The Balaban J connectivity index is 1.97. The van der Waals surface area contributed by atoms with Gasteiger partial charge in [0.1, 0.15) is 0 Å². The maximum Gasteiger partial charge on any atom is 0.246 e. The van der Waals surface area contributed by atoms with E-state index in [1.54, 1.807) is 36.2 Å². The minimum atomic E-state index is -0.0866. The lowest BCUT2D eigenvalue weighted by molar-refractivity contribution is -0.126. The van der Waals surface area contributed by atoms with Crippen LogP contribution in [0.2, 0.25) is 10.0 Å². The Morgan fingerprint density at radius 3 is 2.75 bits per heavy atom. The molecule has 1 aliphatic heterocycles. The first-order valence-electron chi connectivity index (χ1n) is 6.56. The molecule has 20 heavy (non-hydrogen) atoms.